The van der Waals surface area contributed by atoms with E-state index >= 15 is 0 Å². The second kappa shape index (κ2) is 5.71. The molecule has 21 heavy (non-hydrogen) atoms. The fourth-order valence-electron chi connectivity index (χ4n) is 4.47. The molecule has 1 saturated carbocycles. The highest BCUT2D eigenvalue weighted by molar-refractivity contribution is 5.20. The van der Waals surface area contributed by atoms with Gasteiger partial charge in [0.2, 0.25) is 0 Å². The Bertz CT molecular complexity index is 465. The number of ether oxygens (including phenoxy) is 1. The maximum atomic E-state index is 10.5. The molecule has 114 valence electrons. The third kappa shape index (κ3) is 2.75. The number of morpholine rings is 1. The lowest BCUT2D eigenvalue weighted by Crippen LogP contribution is -2.53. The molecule has 5 unspecified atom stereocenters. The van der Waals surface area contributed by atoms with E-state index in [9.17, 15) is 5.11 Å². The molecule has 4 rings (SSSR count). The molecule has 0 aromatic heterocycles. The summed E-state index contributed by atoms with van der Waals surface area (Å²) in [6.07, 6.45) is 6.18. The van der Waals surface area contributed by atoms with Gasteiger partial charge < -0.3 is 9.84 Å². The quantitative estimate of drug-likeness (QED) is 0.907. The molecular formula is C18H25NO2. The van der Waals surface area contributed by atoms with Crippen LogP contribution in [0, 0.1) is 0 Å². The summed E-state index contributed by atoms with van der Waals surface area (Å²) in [5.74, 6) is 0.597. The average molecular weight is 287 g/mol. The molecule has 1 aromatic rings. The summed E-state index contributed by atoms with van der Waals surface area (Å²) in [6.45, 7) is 2.03. The van der Waals surface area contributed by atoms with Crippen molar-refractivity contribution in [2.24, 2.45) is 0 Å². The van der Waals surface area contributed by atoms with E-state index in [0.717, 1.165) is 32.4 Å². The number of likely N-dealkylation sites (tertiary alicyclic amines) is 1. The van der Waals surface area contributed by atoms with Crippen molar-refractivity contribution in [2.45, 2.75) is 62.4 Å². The van der Waals surface area contributed by atoms with Crippen LogP contribution in [0.5, 0.6) is 0 Å². The van der Waals surface area contributed by atoms with Crippen molar-refractivity contribution < 1.29 is 9.84 Å². The summed E-state index contributed by atoms with van der Waals surface area (Å²) in [6, 6.07) is 11.1. The maximum absolute atomic E-state index is 10.5. The highest BCUT2D eigenvalue weighted by Crippen LogP contribution is 2.37. The molecule has 3 aliphatic rings. The van der Waals surface area contributed by atoms with E-state index in [1.807, 2.05) is 0 Å². The summed E-state index contributed by atoms with van der Waals surface area (Å²) >= 11 is 0. The Labute approximate surface area is 126 Å². The molecule has 3 nitrogen and oxygen atoms in total. The van der Waals surface area contributed by atoms with Crippen molar-refractivity contribution in [3.8, 4) is 0 Å². The molecule has 3 fully saturated rings. The lowest BCUT2D eigenvalue weighted by atomic mass is 9.79. The van der Waals surface area contributed by atoms with E-state index in [1.165, 1.54) is 18.4 Å². The minimum Gasteiger partial charge on any atom is -0.391 e. The zero-order valence-electron chi connectivity index (χ0n) is 12.5. The first-order chi connectivity index (χ1) is 10.3. The highest BCUT2D eigenvalue weighted by Gasteiger charge is 2.40. The van der Waals surface area contributed by atoms with Crippen molar-refractivity contribution in [3.63, 3.8) is 0 Å². The van der Waals surface area contributed by atoms with Gasteiger partial charge in [-0.3, -0.25) is 4.90 Å². The van der Waals surface area contributed by atoms with E-state index < -0.39 is 0 Å². The second-order valence-electron chi connectivity index (χ2n) is 6.97. The third-order valence-corrected chi connectivity index (χ3v) is 5.59. The number of hydrogen-bond acceptors (Lipinski definition) is 3. The minimum absolute atomic E-state index is 0.164. The number of hydrogen-bond donors (Lipinski definition) is 1. The molecular weight excluding hydrogens is 262 g/mol. The average Bonchev–Trinajstić information content (AvgIpc) is 2.87. The highest BCUT2D eigenvalue weighted by atomic mass is 16.5. The lowest BCUT2D eigenvalue weighted by molar-refractivity contribution is -0.0824. The van der Waals surface area contributed by atoms with Crippen LogP contribution in [0.4, 0.5) is 0 Å². The van der Waals surface area contributed by atoms with Crippen LogP contribution in [0.1, 0.15) is 43.6 Å². The van der Waals surface area contributed by atoms with Crippen LogP contribution in [0.2, 0.25) is 0 Å². The molecule has 3 heteroatoms. The van der Waals surface area contributed by atoms with E-state index in [0.29, 0.717) is 24.2 Å². The van der Waals surface area contributed by atoms with Crippen LogP contribution in [0.3, 0.4) is 0 Å². The molecule has 0 amide bonds. The topological polar surface area (TPSA) is 32.7 Å². The molecule has 2 saturated heterocycles. The van der Waals surface area contributed by atoms with Gasteiger partial charge in [0.25, 0.3) is 0 Å². The van der Waals surface area contributed by atoms with Crippen molar-refractivity contribution in [2.75, 3.05) is 13.1 Å². The van der Waals surface area contributed by atoms with Gasteiger partial charge in [0.05, 0.1) is 18.3 Å². The molecule has 5 atom stereocenters. The molecule has 2 heterocycles. The SMILES string of the molecule is OC1CCC(c2ccccc2)CC1N1CC2CCC(C1)O2. The van der Waals surface area contributed by atoms with Gasteiger partial charge in [-0.25, -0.2) is 0 Å². The first kappa shape index (κ1) is 13.7. The van der Waals surface area contributed by atoms with Gasteiger partial charge >= 0.3 is 0 Å². The van der Waals surface area contributed by atoms with Crippen LogP contribution in [-0.2, 0) is 4.74 Å². The Morgan fingerprint density at radius 2 is 1.67 bits per heavy atom. The van der Waals surface area contributed by atoms with E-state index in [-0.39, 0.29) is 6.10 Å². The Morgan fingerprint density at radius 1 is 0.952 bits per heavy atom. The van der Waals surface area contributed by atoms with Crippen LogP contribution in [-0.4, -0.2) is 47.4 Å². The first-order valence-electron chi connectivity index (χ1n) is 8.42. The zero-order valence-corrected chi connectivity index (χ0v) is 12.5. The molecule has 2 aliphatic heterocycles. The van der Waals surface area contributed by atoms with Gasteiger partial charge in [0.15, 0.2) is 0 Å². The Morgan fingerprint density at radius 3 is 2.38 bits per heavy atom. The summed E-state index contributed by atoms with van der Waals surface area (Å²) in [7, 11) is 0. The largest absolute Gasteiger partial charge is 0.391 e. The zero-order chi connectivity index (χ0) is 14.2. The molecule has 1 N–H and O–H groups in total. The standard InChI is InChI=1S/C18H25NO2/c20-18-9-6-14(13-4-2-1-3-5-13)10-17(18)19-11-15-7-8-16(12-19)21-15/h1-5,14-18,20H,6-12H2. The maximum Gasteiger partial charge on any atom is 0.0707 e. The van der Waals surface area contributed by atoms with Crippen molar-refractivity contribution in [3.05, 3.63) is 35.9 Å². The Kier molecular flexibility index (Phi) is 3.74. The summed E-state index contributed by atoms with van der Waals surface area (Å²) in [5, 5.41) is 10.5. The summed E-state index contributed by atoms with van der Waals surface area (Å²) in [5.41, 5.74) is 1.44. The summed E-state index contributed by atoms with van der Waals surface area (Å²) in [4.78, 5) is 2.52. The van der Waals surface area contributed by atoms with Crippen LogP contribution < -0.4 is 0 Å². The molecule has 0 radical (unpaired) electrons. The number of fused-ring (bicyclic) bond motifs is 2. The normalized spacial score (nSPS) is 40.3. The second-order valence-corrected chi connectivity index (χ2v) is 6.97. The third-order valence-electron chi connectivity index (χ3n) is 5.59. The van der Waals surface area contributed by atoms with E-state index in [1.54, 1.807) is 0 Å². The van der Waals surface area contributed by atoms with Crippen LogP contribution >= 0.6 is 0 Å². The number of nitrogens with zero attached hydrogens (tertiary/aromatic N) is 1. The van der Waals surface area contributed by atoms with Gasteiger partial charge in [-0.1, -0.05) is 30.3 Å². The van der Waals surface area contributed by atoms with E-state index in [4.69, 9.17) is 4.74 Å². The predicted molar refractivity (Wildman–Crippen MR) is 82.3 cm³/mol. The number of aliphatic hydroxyl groups excluding tert-OH is 1. The van der Waals surface area contributed by atoms with Crippen molar-refractivity contribution >= 4 is 0 Å². The van der Waals surface area contributed by atoms with Gasteiger partial charge in [-0.2, -0.15) is 0 Å². The lowest BCUT2D eigenvalue weighted by Gasteiger charge is -2.44. The van der Waals surface area contributed by atoms with Crippen LogP contribution in [0.15, 0.2) is 30.3 Å². The Hall–Kier alpha value is -0.900. The fourth-order valence-corrected chi connectivity index (χ4v) is 4.47. The Balaban J connectivity index is 1.48. The van der Waals surface area contributed by atoms with Crippen molar-refractivity contribution in [1.29, 1.82) is 0 Å². The fraction of sp³-hybridized carbons (Fsp3) is 0.667. The van der Waals surface area contributed by atoms with Gasteiger partial charge in [-0.15, -0.1) is 0 Å². The molecule has 0 spiro atoms. The van der Waals surface area contributed by atoms with Gasteiger partial charge in [0.1, 0.15) is 0 Å². The van der Waals surface area contributed by atoms with Gasteiger partial charge in [0, 0.05) is 19.1 Å². The number of benzene rings is 1. The minimum atomic E-state index is -0.164. The first-order valence-corrected chi connectivity index (χ1v) is 8.42. The molecule has 1 aliphatic carbocycles. The molecule has 1 aromatic carbocycles. The van der Waals surface area contributed by atoms with Crippen LogP contribution in [0.25, 0.3) is 0 Å². The monoisotopic (exact) mass is 287 g/mol. The number of rotatable bonds is 2. The number of aliphatic hydroxyl groups is 1. The smallest absolute Gasteiger partial charge is 0.0707 e. The van der Waals surface area contributed by atoms with Gasteiger partial charge in [-0.05, 0) is 43.6 Å². The predicted octanol–water partition coefficient (Wildman–Crippen LogP) is 2.55. The molecule has 2 bridgehead atoms. The van der Waals surface area contributed by atoms with Crippen molar-refractivity contribution in [1.82, 2.24) is 4.90 Å². The summed E-state index contributed by atoms with van der Waals surface area (Å²) < 4.78 is 5.94. The van der Waals surface area contributed by atoms with E-state index in [2.05, 4.69) is 35.2 Å².